The third-order valence-corrected chi connectivity index (χ3v) is 3.82. The molecule has 0 rings (SSSR count). The Balaban J connectivity index is 0. The van der Waals surface area contributed by atoms with Gasteiger partial charge in [0.15, 0.2) is 0 Å². The van der Waals surface area contributed by atoms with Crippen molar-refractivity contribution < 1.29 is 19.5 Å². The molecule has 0 saturated carbocycles. The van der Waals surface area contributed by atoms with Gasteiger partial charge >= 0.3 is 35.5 Å². The molecule has 136 valence electrons. The average Bonchev–Trinajstić information content (AvgIpc) is 2.49. The second kappa shape index (κ2) is 17.2. The molecule has 0 bridgehead atoms. The van der Waals surface area contributed by atoms with Gasteiger partial charge in [0.25, 0.3) is 0 Å². The monoisotopic (exact) mass is 352 g/mol. The van der Waals surface area contributed by atoms with Crippen LogP contribution in [0.5, 0.6) is 0 Å². The molecule has 0 aromatic heterocycles. The van der Waals surface area contributed by atoms with Crippen LogP contribution in [0.25, 0.3) is 0 Å². The summed E-state index contributed by atoms with van der Waals surface area (Å²) in [5.74, 6) is -1.97. The second-order valence-electron chi connectivity index (χ2n) is 6.04. The van der Waals surface area contributed by atoms with Gasteiger partial charge in [-0.2, -0.15) is 0 Å². The maximum atomic E-state index is 11.7. The number of hydrogen-bond donors (Lipinski definition) is 3. The molecule has 0 aromatic rings. The van der Waals surface area contributed by atoms with E-state index in [1.54, 1.807) is 0 Å². The molecule has 0 aliphatic heterocycles. The van der Waals surface area contributed by atoms with Crippen LogP contribution in [0.2, 0.25) is 0 Å². The Bertz CT molecular complexity index is 364. The molecular weight excluding hydrogens is 319 g/mol. The first-order valence-electron chi connectivity index (χ1n) is 8.77. The number of amides is 2. The van der Waals surface area contributed by atoms with Crippen molar-refractivity contribution >= 4 is 47.3 Å². The number of rotatable bonds is 15. The van der Waals surface area contributed by atoms with Crippen LogP contribution in [0, 0.1) is 0 Å². The molecule has 0 spiro atoms. The van der Waals surface area contributed by atoms with Crippen LogP contribution >= 0.6 is 0 Å². The van der Waals surface area contributed by atoms with E-state index in [1.165, 1.54) is 38.5 Å². The topological polar surface area (TPSA) is 109 Å². The van der Waals surface area contributed by atoms with E-state index in [2.05, 4.69) is 12.2 Å². The van der Waals surface area contributed by atoms with Crippen molar-refractivity contribution in [1.29, 1.82) is 0 Å². The van der Waals surface area contributed by atoms with E-state index in [-0.39, 0.29) is 48.3 Å². The first-order valence-corrected chi connectivity index (χ1v) is 8.77. The van der Waals surface area contributed by atoms with Gasteiger partial charge < -0.3 is 16.2 Å². The van der Waals surface area contributed by atoms with E-state index >= 15 is 0 Å². The molecule has 0 heterocycles. The number of nitrogens with two attached hydrogens (primary N) is 1. The summed E-state index contributed by atoms with van der Waals surface area (Å²) in [6.07, 6.45) is 10.8. The van der Waals surface area contributed by atoms with E-state index < -0.39 is 17.9 Å². The van der Waals surface area contributed by atoms with Crippen molar-refractivity contribution in [2.45, 2.75) is 90.0 Å². The van der Waals surface area contributed by atoms with Gasteiger partial charge in [-0.1, -0.05) is 58.3 Å². The molecule has 6 nitrogen and oxygen atoms in total. The molecule has 0 aliphatic rings. The molecule has 0 radical (unpaired) electrons. The number of carboxylic acid groups (broad SMARTS) is 1. The molecule has 0 fully saturated rings. The van der Waals surface area contributed by atoms with Crippen molar-refractivity contribution in [3.05, 3.63) is 0 Å². The van der Waals surface area contributed by atoms with Crippen molar-refractivity contribution in [2.75, 3.05) is 0 Å². The molecule has 0 saturated heterocycles. The number of hydrogen-bond acceptors (Lipinski definition) is 3. The van der Waals surface area contributed by atoms with Crippen LogP contribution in [0.3, 0.4) is 0 Å². The molecule has 7 heteroatoms. The number of primary amides is 1. The zero-order valence-electron chi connectivity index (χ0n) is 14.3. The minimum atomic E-state index is -1.13. The Morgan fingerprint density at radius 2 is 1.42 bits per heavy atom. The Morgan fingerprint density at radius 1 is 0.917 bits per heavy atom. The first-order chi connectivity index (χ1) is 11.0. The van der Waals surface area contributed by atoms with E-state index in [1.807, 2.05) is 0 Å². The zero-order valence-corrected chi connectivity index (χ0v) is 14.3. The van der Waals surface area contributed by atoms with E-state index in [9.17, 15) is 14.4 Å². The summed E-state index contributed by atoms with van der Waals surface area (Å²) >= 11 is 0. The van der Waals surface area contributed by atoms with Gasteiger partial charge in [0, 0.05) is 12.8 Å². The van der Waals surface area contributed by atoms with E-state index in [0.717, 1.165) is 19.3 Å². The van der Waals surface area contributed by atoms with Gasteiger partial charge in [0.2, 0.25) is 11.8 Å². The number of carbonyl (C=O) groups excluding carboxylic acids is 2. The van der Waals surface area contributed by atoms with Crippen LogP contribution in [0.4, 0.5) is 0 Å². The quantitative estimate of drug-likeness (QED) is 0.310. The fourth-order valence-electron chi connectivity index (χ4n) is 2.41. The SMILES string of the molecule is CCCCCCCCCCCC(=O)NC(CCC(N)=O)C(=O)O.[NaH]. The van der Waals surface area contributed by atoms with Gasteiger partial charge in [0.05, 0.1) is 0 Å². The molecule has 24 heavy (non-hydrogen) atoms. The average molecular weight is 352 g/mol. The van der Waals surface area contributed by atoms with E-state index in [0.29, 0.717) is 6.42 Å². The number of carbonyl (C=O) groups is 3. The second-order valence-corrected chi connectivity index (χ2v) is 6.04. The van der Waals surface area contributed by atoms with Gasteiger partial charge in [-0.15, -0.1) is 0 Å². The summed E-state index contributed by atoms with van der Waals surface area (Å²) in [5.41, 5.74) is 4.99. The van der Waals surface area contributed by atoms with Gasteiger partial charge in [0.1, 0.15) is 6.04 Å². The van der Waals surface area contributed by atoms with Crippen LogP contribution in [0.1, 0.15) is 84.0 Å². The first kappa shape index (κ1) is 25.6. The summed E-state index contributed by atoms with van der Waals surface area (Å²) in [6, 6.07) is -1.03. The Labute approximate surface area is 167 Å². The third kappa shape index (κ3) is 16.3. The summed E-state index contributed by atoms with van der Waals surface area (Å²) in [5, 5.41) is 11.4. The zero-order chi connectivity index (χ0) is 17.5. The maximum absolute atomic E-state index is 11.7. The van der Waals surface area contributed by atoms with E-state index in [4.69, 9.17) is 10.8 Å². The molecule has 0 aromatic carbocycles. The van der Waals surface area contributed by atoms with Crippen molar-refractivity contribution in [1.82, 2.24) is 5.32 Å². The molecule has 1 unspecified atom stereocenters. The Hall–Kier alpha value is -0.590. The number of aliphatic carboxylic acids is 1. The van der Waals surface area contributed by atoms with Gasteiger partial charge in [-0.25, -0.2) is 4.79 Å². The van der Waals surface area contributed by atoms with Crippen molar-refractivity contribution in [3.63, 3.8) is 0 Å². The fraction of sp³-hybridized carbons (Fsp3) is 0.824. The van der Waals surface area contributed by atoms with Crippen LogP contribution in [-0.4, -0.2) is 58.5 Å². The summed E-state index contributed by atoms with van der Waals surface area (Å²) in [6.45, 7) is 2.20. The van der Waals surface area contributed by atoms with Crippen molar-refractivity contribution in [2.24, 2.45) is 5.73 Å². The number of unbranched alkanes of at least 4 members (excludes halogenated alkanes) is 8. The van der Waals surface area contributed by atoms with Gasteiger partial charge in [-0.05, 0) is 12.8 Å². The molecule has 1 atom stereocenters. The molecule has 0 aliphatic carbocycles. The number of nitrogens with one attached hydrogen (secondary N) is 1. The normalized spacial score (nSPS) is 11.4. The fourth-order valence-corrected chi connectivity index (χ4v) is 2.41. The Morgan fingerprint density at radius 3 is 1.88 bits per heavy atom. The molecular formula is C17H33N2NaO4. The molecule has 2 amide bonds. The van der Waals surface area contributed by atoms with Crippen LogP contribution < -0.4 is 11.1 Å². The standard InChI is InChI=1S/C17H32N2O4.Na.H/c1-2-3-4-5-6-7-8-9-10-11-16(21)19-14(17(22)23)12-13-15(18)20;;/h14H,2-13H2,1H3,(H2,18,20)(H,19,21)(H,22,23);;. The number of carboxylic acids is 1. The summed E-state index contributed by atoms with van der Waals surface area (Å²) in [4.78, 5) is 33.4. The predicted molar refractivity (Wildman–Crippen MR) is 97.0 cm³/mol. The summed E-state index contributed by atoms with van der Waals surface area (Å²) < 4.78 is 0. The minimum absolute atomic E-state index is 0. The third-order valence-electron chi connectivity index (χ3n) is 3.82. The van der Waals surface area contributed by atoms with Crippen molar-refractivity contribution in [3.8, 4) is 0 Å². The Kier molecular flexibility index (Phi) is 18.4. The summed E-state index contributed by atoms with van der Waals surface area (Å²) in [7, 11) is 0. The van der Waals surface area contributed by atoms with Gasteiger partial charge in [-0.3, -0.25) is 9.59 Å². The molecule has 4 N–H and O–H groups in total. The van der Waals surface area contributed by atoms with Crippen LogP contribution in [0.15, 0.2) is 0 Å². The van der Waals surface area contributed by atoms with Crippen LogP contribution in [-0.2, 0) is 14.4 Å². The predicted octanol–water partition coefficient (Wildman–Crippen LogP) is 2.09.